The normalized spacial score (nSPS) is 11.6. The highest BCUT2D eigenvalue weighted by atomic mass is 127. The van der Waals surface area contributed by atoms with E-state index in [1.165, 1.54) is 0 Å². The smallest absolute Gasteiger partial charge is 0.413 e. The van der Waals surface area contributed by atoms with Gasteiger partial charge in [-0.25, -0.2) is 18.4 Å². The number of alkyl halides is 2. The third-order valence-corrected chi connectivity index (χ3v) is 4.43. The molecule has 0 fully saturated rings. The molecular weight excluding hydrogens is 608 g/mol. The number of carbonyl (C=O) groups excluding carboxylic acids is 1. The van der Waals surface area contributed by atoms with Gasteiger partial charge in [0.15, 0.2) is 11.6 Å². The van der Waals surface area contributed by atoms with Crippen molar-refractivity contribution in [3.05, 3.63) is 23.8 Å². The number of carboxylic acid groups (broad SMARTS) is 2. The van der Waals surface area contributed by atoms with Gasteiger partial charge >= 0.3 is 18.0 Å². The second kappa shape index (κ2) is 12.2. The van der Waals surface area contributed by atoms with Crippen LogP contribution in [0.4, 0.5) is 19.3 Å². The Bertz CT molecular complexity index is 693. The van der Waals surface area contributed by atoms with E-state index < -0.39 is 47.9 Å². The average Bonchev–Trinajstić information content (AvgIpc) is 2.57. The molecule has 0 aliphatic heterocycles. The number of nitrogens with one attached hydrogen (secondary N) is 1. The second-order valence-electron chi connectivity index (χ2n) is 5.46. The Hall–Kier alpha value is -1.45. The molecule has 0 heterocycles. The molecule has 1 atom stereocenters. The number of aliphatic carboxylic acids is 2. The van der Waals surface area contributed by atoms with Crippen LogP contribution in [0.25, 0.3) is 0 Å². The third kappa shape index (κ3) is 7.89. The van der Waals surface area contributed by atoms with E-state index in [4.69, 9.17) is 14.9 Å². The zero-order valence-electron chi connectivity index (χ0n) is 14.5. The summed E-state index contributed by atoms with van der Waals surface area (Å²) in [5.41, 5.74) is -0.231. The SMILES string of the molecule is O=C(O)CC[C@H](NC(=O)Oc1cc(F)c(N(CCI)CCI)c(F)c1)C(=O)O. The number of carboxylic acids is 2. The molecule has 0 radical (unpaired) electrons. The van der Waals surface area contributed by atoms with E-state index in [0.29, 0.717) is 21.9 Å². The van der Waals surface area contributed by atoms with Crippen molar-refractivity contribution < 1.29 is 38.1 Å². The zero-order chi connectivity index (χ0) is 21.3. The van der Waals surface area contributed by atoms with E-state index in [0.717, 1.165) is 12.1 Å². The van der Waals surface area contributed by atoms with E-state index in [-0.39, 0.29) is 12.1 Å². The van der Waals surface area contributed by atoms with Gasteiger partial charge in [0, 0.05) is 40.5 Å². The fourth-order valence-electron chi connectivity index (χ4n) is 2.25. The summed E-state index contributed by atoms with van der Waals surface area (Å²) in [6.07, 6.45) is -2.12. The lowest BCUT2D eigenvalue weighted by Crippen LogP contribution is -2.42. The average molecular weight is 626 g/mol. The fourth-order valence-corrected chi connectivity index (χ4v) is 3.41. The summed E-state index contributed by atoms with van der Waals surface area (Å²) in [4.78, 5) is 35.0. The van der Waals surface area contributed by atoms with Gasteiger partial charge in [0.2, 0.25) is 0 Å². The van der Waals surface area contributed by atoms with E-state index in [1.807, 2.05) is 5.32 Å². The van der Waals surface area contributed by atoms with Crippen molar-refractivity contribution in [2.75, 3.05) is 26.8 Å². The summed E-state index contributed by atoms with van der Waals surface area (Å²) < 4.78 is 34.9. The molecule has 0 aliphatic carbocycles. The van der Waals surface area contributed by atoms with Gasteiger partial charge in [0.1, 0.15) is 17.5 Å². The minimum absolute atomic E-state index is 0.231. The molecule has 0 unspecified atom stereocenters. The van der Waals surface area contributed by atoms with Crippen LogP contribution in [0.1, 0.15) is 12.8 Å². The van der Waals surface area contributed by atoms with E-state index in [9.17, 15) is 23.2 Å². The predicted octanol–water partition coefficient (Wildman–Crippen LogP) is 3.05. The lowest BCUT2D eigenvalue weighted by molar-refractivity contribution is -0.140. The molecule has 0 aliphatic rings. The molecule has 1 aromatic rings. The van der Waals surface area contributed by atoms with Crippen molar-refractivity contribution in [3.8, 4) is 5.75 Å². The van der Waals surface area contributed by atoms with Gasteiger partial charge in [-0.1, -0.05) is 45.2 Å². The quantitative estimate of drug-likeness (QED) is 0.256. The fraction of sp³-hybridized carbons (Fsp3) is 0.438. The van der Waals surface area contributed by atoms with Gasteiger partial charge in [-0.3, -0.25) is 4.79 Å². The Morgan fingerprint density at radius 2 is 1.64 bits per heavy atom. The van der Waals surface area contributed by atoms with Gasteiger partial charge in [-0.15, -0.1) is 0 Å². The summed E-state index contributed by atoms with van der Waals surface area (Å²) >= 11 is 4.18. The Morgan fingerprint density at radius 3 is 2.07 bits per heavy atom. The molecule has 1 aromatic carbocycles. The van der Waals surface area contributed by atoms with Crippen molar-refractivity contribution in [1.29, 1.82) is 0 Å². The summed E-state index contributed by atoms with van der Waals surface area (Å²) in [6, 6.07) is 0.150. The molecule has 3 N–H and O–H groups in total. The molecular formula is C16H18F2I2N2O6. The van der Waals surface area contributed by atoms with Crippen LogP contribution in [-0.4, -0.2) is 56.2 Å². The minimum Gasteiger partial charge on any atom is -0.481 e. The summed E-state index contributed by atoms with van der Waals surface area (Å²) in [5, 5.41) is 19.6. The first-order valence-corrected chi connectivity index (χ1v) is 11.0. The zero-order valence-corrected chi connectivity index (χ0v) is 18.8. The maximum Gasteiger partial charge on any atom is 0.413 e. The van der Waals surface area contributed by atoms with Crippen LogP contribution >= 0.6 is 45.2 Å². The van der Waals surface area contributed by atoms with Crippen LogP contribution < -0.4 is 15.0 Å². The van der Waals surface area contributed by atoms with Crippen LogP contribution in [-0.2, 0) is 9.59 Å². The van der Waals surface area contributed by atoms with Crippen LogP contribution in [0.3, 0.4) is 0 Å². The van der Waals surface area contributed by atoms with Crippen molar-refractivity contribution in [2.24, 2.45) is 0 Å². The first-order valence-electron chi connectivity index (χ1n) is 7.98. The Labute approximate surface area is 186 Å². The van der Waals surface area contributed by atoms with Gasteiger partial charge in [0.05, 0.1) is 0 Å². The van der Waals surface area contributed by atoms with Gasteiger partial charge in [-0.05, 0) is 6.42 Å². The number of hydrogen-bond donors (Lipinski definition) is 3. The van der Waals surface area contributed by atoms with Crippen LogP contribution in [0, 0.1) is 11.6 Å². The monoisotopic (exact) mass is 626 g/mol. The molecule has 1 amide bonds. The van der Waals surface area contributed by atoms with Crippen LogP contribution in [0.2, 0.25) is 0 Å². The minimum atomic E-state index is -1.51. The highest BCUT2D eigenvalue weighted by Gasteiger charge is 2.23. The first-order chi connectivity index (χ1) is 13.2. The van der Waals surface area contributed by atoms with Gasteiger partial charge < -0.3 is 25.2 Å². The van der Waals surface area contributed by atoms with E-state index >= 15 is 0 Å². The number of carbonyl (C=O) groups is 3. The Kier molecular flexibility index (Phi) is 10.7. The van der Waals surface area contributed by atoms with Crippen LogP contribution in [0.15, 0.2) is 12.1 Å². The van der Waals surface area contributed by atoms with Crippen molar-refractivity contribution in [1.82, 2.24) is 5.32 Å². The number of amides is 1. The topological polar surface area (TPSA) is 116 Å². The maximum absolute atomic E-state index is 14.4. The maximum atomic E-state index is 14.4. The lowest BCUT2D eigenvalue weighted by atomic mass is 10.1. The van der Waals surface area contributed by atoms with Crippen molar-refractivity contribution in [3.63, 3.8) is 0 Å². The number of nitrogens with zero attached hydrogens (tertiary/aromatic N) is 1. The third-order valence-electron chi connectivity index (χ3n) is 3.46. The molecule has 8 nitrogen and oxygen atoms in total. The first kappa shape index (κ1) is 24.6. The molecule has 1 rings (SSSR count). The molecule has 12 heteroatoms. The summed E-state index contributed by atoms with van der Waals surface area (Å²) in [6.45, 7) is 0.865. The largest absolute Gasteiger partial charge is 0.481 e. The number of benzene rings is 1. The number of rotatable bonds is 11. The predicted molar refractivity (Wildman–Crippen MR) is 114 cm³/mol. The molecule has 0 saturated carbocycles. The number of ether oxygens (including phenoxy) is 1. The molecule has 0 saturated heterocycles. The lowest BCUT2D eigenvalue weighted by Gasteiger charge is -2.24. The van der Waals surface area contributed by atoms with E-state index in [1.54, 1.807) is 4.90 Å². The van der Waals surface area contributed by atoms with Gasteiger partial charge in [0.25, 0.3) is 0 Å². The number of halogens is 4. The molecule has 28 heavy (non-hydrogen) atoms. The Morgan fingerprint density at radius 1 is 1.11 bits per heavy atom. The van der Waals surface area contributed by atoms with E-state index in [2.05, 4.69) is 45.2 Å². The standard InChI is InChI=1S/C16H18F2I2N2O6/c17-10-7-9(8-11(18)14(10)22(5-3-19)6-4-20)28-16(27)21-12(15(25)26)1-2-13(23)24/h7-8,12H,1-6H2,(H,21,27)(H,23,24)(H,25,26)/t12-/m0/s1. The summed E-state index contributed by atoms with van der Waals surface area (Å²) in [7, 11) is 0. The van der Waals surface area contributed by atoms with Gasteiger partial charge in [-0.2, -0.15) is 0 Å². The molecule has 0 spiro atoms. The Balaban J connectivity index is 2.90. The highest BCUT2D eigenvalue weighted by molar-refractivity contribution is 14.1. The van der Waals surface area contributed by atoms with Crippen molar-refractivity contribution >= 4 is 68.9 Å². The summed E-state index contributed by atoms with van der Waals surface area (Å²) in [5.74, 6) is -4.97. The number of hydrogen-bond acceptors (Lipinski definition) is 5. The van der Waals surface area contributed by atoms with Crippen LogP contribution in [0.5, 0.6) is 5.75 Å². The van der Waals surface area contributed by atoms with Crippen molar-refractivity contribution in [2.45, 2.75) is 18.9 Å². The number of anilines is 1. The molecule has 156 valence electrons. The molecule has 0 aromatic heterocycles. The highest BCUT2D eigenvalue weighted by Crippen LogP contribution is 2.28. The molecule has 0 bridgehead atoms. The second-order valence-corrected chi connectivity index (χ2v) is 7.62.